The Hall–Kier alpha value is -1.23. The van der Waals surface area contributed by atoms with E-state index in [1.807, 2.05) is 12.2 Å². The van der Waals surface area contributed by atoms with Gasteiger partial charge in [0.25, 0.3) is 0 Å². The Labute approximate surface area is 181 Å². The van der Waals surface area contributed by atoms with E-state index >= 15 is 0 Å². The molecule has 0 spiro atoms. The molecule has 2 N–H and O–H groups in total. The zero-order chi connectivity index (χ0) is 21.7. The van der Waals surface area contributed by atoms with E-state index in [0.29, 0.717) is 30.6 Å². The van der Waals surface area contributed by atoms with Crippen LogP contribution in [0.15, 0.2) is 35.5 Å². The maximum atomic E-state index is 13.1. The molecule has 0 saturated heterocycles. The van der Waals surface area contributed by atoms with Crippen molar-refractivity contribution in [2.24, 2.45) is 29.1 Å². The summed E-state index contributed by atoms with van der Waals surface area (Å²) in [5, 5.41) is 20.0. The van der Waals surface area contributed by atoms with Gasteiger partial charge in [0.1, 0.15) is 0 Å². The normalized spacial score (nSPS) is 41.8. The Morgan fingerprint density at radius 3 is 2.80 bits per heavy atom. The Bertz CT molecular complexity index is 778. The fraction of sp³-hybridized carbons (Fsp3) is 0.731. The monoisotopic (exact) mass is 414 g/mol. The van der Waals surface area contributed by atoms with Crippen molar-refractivity contribution in [1.29, 1.82) is 0 Å². The van der Waals surface area contributed by atoms with Gasteiger partial charge in [0.05, 0.1) is 17.8 Å². The molecule has 166 valence electrons. The van der Waals surface area contributed by atoms with E-state index in [2.05, 4.69) is 26.0 Å². The minimum atomic E-state index is -0.493. The molecule has 0 aromatic rings. The summed E-state index contributed by atoms with van der Waals surface area (Å²) in [6.07, 6.45) is 13.6. The highest BCUT2D eigenvalue weighted by molar-refractivity contribution is 5.93. The molecule has 4 nitrogen and oxygen atoms in total. The molecule has 30 heavy (non-hydrogen) atoms. The third kappa shape index (κ3) is 3.65. The van der Waals surface area contributed by atoms with Crippen molar-refractivity contribution < 1.29 is 19.7 Å². The molecule has 4 heteroatoms. The lowest BCUT2D eigenvalue weighted by atomic mass is 9.57. The van der Waals surface area contributed by atoms with E-state index in [1.54, 1.807) is 14.0 Å². The number of rotatable bonds is 4. The van der Waals surface area contributed by atoms with E-state index < -0.39 is 11.7 Å². The second-order valence-electron chi connectivity index (χ2n) is 10.6. The average molecular weight is 415 g/mol. The molecule has 2 saturated carbocycles. The molecule has 0 amide bonds. The second-order valence-corrected chi connectivity index (χ2v) is 10.6. The molecule has 2 fully saturated rings. The van der Waals surface area contributed by atoms with Crippen molar-refractivity contribution in [2.75, 3.05) is 7.11 Å². The highest BCUT2D eigenvalue weighted by Gasteiger charge is 2.57. The summed E-state index contributed by atoms with van der Waals surface area (Å²) in [6, 6.07) is 0. The average Bonchev–Trinajstić information content (AvgIpc) is 2.86. The van der Waals surface area contributed by atoms with Gasteiger partial charge >= 0.3 is 0 Å². The first-order valence-electron chi connectivity index (χ1n) is 11.7. The van der Waals surface area contributed by atoms with Crippen molar-refractivity contribution in [1.82, 2.24) is 0 Å². The van der Waals surface area contributed by atoms with Crippen LogP contribution < -0.4 is 0 Å². The molecule has 4 rings (SSSR count). The number of fused-ring (bicyclic) bond motifs is 6. The third-order valence-electron chi connectivity index (χ3n) is 8.80. The maximum Gasteiger partial charge on any atom is 0.159 e. The van der Waals surface area contributed by atoms with E-state index in [-0.39, 0.29) is 23.2 Å². The van der Waals surface area contributed by atoms with Crippen molar-refractivity contribution >= 4 is 5.78 Å². The molecule has 0 unspecified atom stereocenters. The Morgan fingerprint density at radius 1 is 1.33 bits per heavy atom. The van der Waals surface area contributed by atoms with E-state index in [1.165, 1.54) is 11.1 Å². The van der Waals surface area contributed by atoms with Gasteiger partial charge in [-0.05, 0) is 82.1 Å². The largest absolute Gasteiger partial charge is 0.393 e. The Morgan fingerprint density at radius 2 is 2.10 bits per heavy atom. The van der Waals surface area contributed by atoms with Gasteiger partial charge in [-0.3, -0.25) is 4.79 Å². The molecule has 0 aromatic heterocycles. The lowest BCUT2D eigenvalue weighted by molar-refractivity contribution is -0.119. The standard InChI is InChI=1S/C26H38O4/c1-16(27)9-12-26(3,30-4)24-8-7-22-21-15-23(29)18-13-17(5-6-19(28)14-18)20(21)10-11-25(22,24)2/h5,9,12,15-16,18-20,22,24,27-28H,6-8,10-11,13-14H2,1-4H3/b12-9+/t16-,18+,19+,20-,22+,24+,25+,26+/m1/s1. The van der Waals surface area contributed by atoms with Gasteiger partial charge in [-0.1, -0.05) is 36.3 Å². The number of carbonyl (C=O) groups excluding carboxylic acids is 1. The number of aliphatic hydroxyl groups is 2. The van der Waals surface area contributed by atoms with Crippen LogP contribution in [0.4, 0.5) is 0 Å². The second kappa shape index (κ2) is 8.03. The number of allylic oxidation sites excluding steroid dienone is 3. The van der Waals surface area contributed by atoms with Gasteiger partial charge in [-0.2, -0.15) is 0 Å². The molecule has 0 aromatic carbocycles. The van der Waals surface area contributed by atoms with Gasteiger partial charge in [0.2, 0.25) is 0 Å². The first kappa shape index (κ1) is 22.0. The number of hydrogen-bond donors (Lipinski definition) is 2. The molecule has 0 heterocycles. The number of ketones is 1. The van der Waals surface area contributed by atoms with Crippen molar-refractivity contribution in [3.05, 3.63) is 35.5 Å². The summed E-state index contributed by atoms with van der Waals surface area (Å²) >= 11 is 0. The number of aliphatic hydroxyl groups excluding tert-OH is 2. The minimum Gasteiger partial charge on any atom is -0.393 e. The fourth-order valence-electron chi connectivity index (χ4n) is 7.14. The predicted octanol–water partition coefficient (Wildman–Crippen LogP) is 4.37. The van der Waals surface area contributed by atoms with Gasteiger partial charge in [0.15, 0.2) is 5.78 Å². The molecule has 0 radical (unpaired) electrons. The zero-order valence-electron chi connectivity index (χ0n) is 18.9. The SMILES string of the molecule is CO[C@@](C)(/C=C/[C@@H](C)O)[C@H]1CC[C@H]2C3=CC(=O)[C@H]4CC(=CC[C@H](O)C4)[C@H]3CC[C@@]21C. The van der Waals surface area contributed by atoms with Crippen LogP contribution in [-0.2, 0) is 9.53 Å². The molecular formula is C26H38O4. The summed E-state index contributed by atoms with van der Waals surface area (Å²) in [5.74, 6) is 1.26. The summed E-state index contributed by atoms with van der Waals surface area (Å²) in [5.41, 5.74) is 2.38. The molecule has 4 aliphatic rings. The summed E-state index contributed by atoms with van der Waals surface area (Å²) in [6.45, 7) is 6.31. The zero-order valence-corrected chi connectivity index (χ0v) is 18.9. The number of carbonyl (C=O) groups is 1. The van der Waals surface area contributed by atoms with Crippen LogP contribution in [0.5, 0.6) is 0 Å². The van der Waals surface area contributed by atoms with Crippen LogP contribution in [-0.4, -0.2) is 40.9 Å². The topological polar surface area (TPSA) is 66.8 Å². The first-order valence-corrected chi connectivity index (χ1v) is 11.7. The summed E-state index contributed by atoms with van der Waals surface area (Å²) in [7, 11) is 1.77. The van der Waals surface area contributed by atoms with Crippen molar-refractivity contribution in [3.63, 3.8) is 0 Å². The van der Waals surface area contributed by atoms with Crippen LogP contribution in [0.2, 0.25) is 0 Å². The van der Waals surface area contributed by atoms with Gasteiger partial charge < -0.3 is 14.9 Å². The first-order chi connectivity index (χ1) is 14.2. The van der Waals surface area contributed by atoms with E-state index in [9.17, 15) is 15.0 Å². The van der Waals surface area contributed by atoms with Gasteiger partial charge in [-0.25, -0.2) is 0 Å². The number of methoxy groups -OCH3 is 1. The summed E-state index contributed by atoms with van der Waals surface area (Å²) < 4.78 is 6.04. The van der Waals surface area contributed by atoms with Crippen molar-refractivity contribution in [2.45, 2.75) is 83.5 Å². The molecule has 4 aliphatic carbocycles. The van der Waals surface area contributed by atoms with E-state index in [4.69, 9.17) is 4.74 Å². The fourth-order valence-corrected chi connectivity index (χ4v) is 7.14. The van der Waals surface area contributed by atoms with Gasteiger partial charge in [-0.15, -0.1) is 0 Å². The van der Waals surface area contributed by atoms with Crippen LogP contribution in [0.3, 0.4) is 0 Å². The Kier molecular flexibility index (Phi) is 5.89. The van der Waals surface area contributed by atoms with E-state index in [0.717, 1.165) is 32.1 Å². The Balaban J connectivity index is 1.69. The summed E-state index contributed by atoms with van der Waals surface area (Å²) in [4.78, 5) is 13.1. The predicted molar refractivity (Wildman–Crippen MR) is 118 cm³/mol. The number of hydrogen-bond acceptors (Lipinski definition) is 4. The minimum absolute atomic E-state index is 0.0616. The smallest absolute Gasteiger partial charge is 0.159 e. The maximum absolute atomic E-state index is 13.1. The lowest BCUT2D eigenvalue weighted by Crippen LogP contribution is -2.46. The van der Waals surface area contributed by atoms with Gasteiger partial charge in [0, 0.05) is 18.9 Å². The van der Waals surface area contributed by atoms with Crippen LogP contribution >= 0.6 is 0 Å². The third-order valence-corrected chi connectivity index (χ3v) is 8.80. The van der Waals surface area contributed by atoms with Crippen LogP contribution in [0.25, 0.3) is 0 Å². The van der Waals surface area contributed by atoms with Crippen molar-refractivity contribution in [3.8, 4) is 0 Å². The number of ether oxygens (including phenoxy) is 1. The molecule has 8 atom stereocenters. The molecule has 2 bridgehead atoms. The van der Waals surface area contributed by atoms with Crippen LogP contribution in [0.1, 0.15) is 65.7 Å². The highest BCUT2D eigenvalue weighted by atomic mass is 16.5. The molecule has 0 aliphatic heterocycles. The highest BCUT2D eigenvalue weighted by Crippen LogP contribution is 2.63. The lowest BCUT2D eigenvalue weighted by Gasteiger charge is -2.49. The molecular weight excluding hydrogens is 376 g/mol. The quantitative estimate of drug-likeness (QED) is 0.671. The van der Waals surface area contributed by atoms with Crippen LogP contribution in [0, 0.1) is 29.1 Å².